The summed E-state index contributed by atoms with van der Waals surface area (Å²) in [5.41, 5.74) is 11.9. The second kappa shape index (κ2) is 29.5. The maximum absolute atomic E-state index is 14.0. The number of rotatable bonds is 32. The molecule has 1 amide bonds. The van der Waals surface area contributed by atoms with E-state index in [2.05, 4.69) is 44.8 Å². The van der Waals surface area contributed by atoms with Crippen LogP contribution in [0, 0.1) is 40.9 Å². The molecule has 8 nitrogen and oxygen atoms in total. The minimum atomic E-state index is 0.0466. The Labute approximate surface area is 353 Å². The largest absolute Gasteiger partial charge is 0.378 e. The molecule has 3 aliphatic carbocycles. The van der Waals surface area contributed by atoms with Gasteiger partial charge in [-0.1, -0.05) is 92.4 Å². The molecule has 5 unspecified atom stereocenters. The Balaban J connectivity index is 1.84. The van der Waals surface area contributed by atoms with Gasteiger partial charge in [0.25, 0.3) is 0 Å². The molecule has 0 saturated heterocycles. The molecule has 57 heavy (non-hydrogen) atoms. The van der Waals surface area contributed by atoms with Crippen molar-refractivity contribution in [1.82, 2.24) is 10.2 Å². The molecule has 8 heteroatoms. The average molecular weight is 805 g/mol. The highest BCUT2D eigenvalue weighted by Crippen LogP contribution is 2.61. The van der Waals surface area contributed by atoms with Crippen LogP contribution in [0.25, 0.3) is 0 Å². The molecule has 0 radical (unpaired) electrons. The summed E-state index contributed by atoms with van der Waals surface area (Å²) in [6.07, 6.45) is 28.5. The van der Waals surface area contributed by atoms with E-state index < -0.39 is 0 Å². The summed E-state index contributed by atoms with van der Waals surface area (Å²) in [4.78, 5) is 16.2. The number of hydrogen-bond acceptors (Lipinski definition) is 7. The molecule has 336 valence electrons. The van der Waals surface area contributed by atoms with Crippen LogP contribution < -0.4 is 16.8 Å². The molecule has 0 aromatic rings. The highest BCUT2D eigenvalue weighted by atomic mass is 16.5. The monoisotopic (exact) mass is 805 g/mol. The van der Waals surface area contributed by atoms with Gasteiger partial charge in [-0.05, 0) is 152 Å². The Kier molecular flexibility index (Phi) is 26.2. The number of unbranched alkanes of at least 4 members (excludes halogenated alkanes) is 6. The van der Waals surface area contributed by atoms with Gasteiger partial charge < -0.3 is 35.9 Å². The number of carbonyl (C=O) groups is 1. The van der Waals surface area contributed by atoms with Crippen molar-refractivity contribution in [3.05, 3.63) is 0 Å². The van der Waals surface area contributed by atoms with E-state index in [-0.39, 0.29) is 17.6 Å². The highest BCUT2D eigenvalue weighted by Gasteiger charge is 2.58. The SMILES string of the molecule is CCCCCCN(CCCCCC)C(=O)CC[C@@H](C)C1CC[C@H]2C(C(CCC3CCC[C@@H](OCCCN)C3)OCCCNC)C[C@@H](CC)C[C@H](OCCCN)C12C. The van der Waals surface area contributed by atoms with Crippen molar-refractivity contribution in [3.8, 4) is 0 Å². The van der Waals surface area contributed by atoms with E-state index in [1.54, 1.807) is 0 Å². The third-order valence-electron chi connectivity index (χ3n) is 15.1. The van der Waals surface area contributed by atoms with Gasteiger partial charge in [-0.3, -0.25) is 4.79 Å². The maximum atomic E-state index is 14.0. The van der Waals surface area contributed by atoms with Crippen LogP contribution in [-0.4, -0.2) is 88.7 Å². The van der Waals surface area contributed by atoms with Crippen LogP contribution in [0.4, 0.5) is 0 Å². The van der Waals surface area contributed by atoms with Gasteiger partial charge >= 0.3 is 0 Å². The molecule has 0 aliphatic heterocycles. The van der Waals surface area contributed by atoms with Gasteiger partial charge in [-0.2, -0.15) is 0 Å². The Morgan fingerprint density at radius 3 is 2.14 bits per heavy atom. The van der Waals surface area contributed by atoms with Crippen LogP contribution >= 0.6 is 0 Å². The van der Waals surface area contributed by atoms with E-state index in [9.17, 15) is 4.79 Å². The summed E-state index contributed by atoms with van der Waals surface area (Å²) >= 11 is 0. The molecule has 5 N–H and O–H groups in total. The van der Waals surface area contributed by atoms with Crippen molar-refractivity contribution in [3.63, 3.8) is 0 Å². The molecule has 3 fully saturated rings. The first-order chi connectivity index (χ1) is 27.8. The Bertz CT molecular complexity index is 1010. The number of fused-ring (bicyclic) bond motifs is 1. The first kappa shape index (κ1) is 50.6. The second-order valence-electron chi connectivity index (χ2n) is 19.2. The van der Waals surface area contributed by atoms with Crippen molar-refractivity contribution in [1.29, 1.82) is 0 Å². The van der Waals surface area contributed by atoms with Crippen LogP contribution in [0.1, 0.15) is 189 Å². The predicted octanol–water partition coefficient (Wildman–Crippen LogP) is 10.3. The van der Waals surface area contributed by atoms with Gasteiger partial charge in [0.05, 0.1) is 18.3 Å². The van der Waals surface area contributed by atoms with Crippen molar-refractivity contribution < 1.29 is 19.0 Å². The number of nitrogens with two attached hydrogens (primary N) is 2. The van der Waals surface area contributed by atoms with Crippen molar-refractivity contribution >= 4 is 5.91 Å². The molecule has 3 aliphatic rings. The van der Waals surface area contributed by atoms with E-state index in [0.717, 1.165) is 90.8 Å². The predicted molar refractivity (Wildman–Crippen MR) is 240 cm³/mol. The highest BCUT2D eigenvalue weighted by molar-refractivity contribution is 5.76. The van der Waals surface area contributed by atoms with Crippen LogP contribution in [-0.2, 0) is 19.0 Å². The molecule has 0 bridgehead atoms. The number of amides is 1. The van der Waals surface area contributed by atoms with Crippen LogP contribution in [0.5, 0.6) is 0 Å². The van der Waals surface area contributed by atoms with E-state index in [1.165, 1.54) is 96.3 Å². The molecular weight excluding hydrogens is 709 g/mol. The zero-order valence-electron chi connectivity index (χ0n) is 38.6. The van der Waals surface area contributed by atoms with Crippen LogP contribution in [0.15, 0.2) is 0 Å². The van der Waals surface area contributed by atoms with Gasteiger partial charge in [-0.15, -0.1) is 0 Å². The minimum Gasteiger partial charge on any atom is -0.378 e. The van der Waals surface area contributed by atoms with Crippen molar-refractivity contribution in [2.75, 3.05) is 59.6 Å². The molecule has 0 heterocycles. The summed E-state index contributed by atoms with van der Waals surface area (Å²) in [5.74, 6) is 3.82. The summed E-state index contributed by atoms with van der Waals surface area (Å²) < 4.78 is 20.5. The number of carbonyl (C=O) groups excluding carboxylic acids is 1. The summed E-state index contributed by atoms with van der Waals surface area (Å²) in [5, 5.41) is 3.35. The zero-order chi connectivity index (χ0) is 41.3. The molecule has 10 atom stereocenters. The van der Waals surface area contributed by atoms with Crippen molar-refractivity contribution in [2.45, 2.75) is 207 Å². The average Bonchev–Trinajstić information content (AvgIpc) is 3.51. The van der Waals surface area contributed by atoms with Gasteiger partial charge in [0.1, 0.15) is 0 Å². The third-order valence-corrected chi connectivity index (χ3v) is 15.1. The van der Waals surface area contributed by atoms with Gasteiger partial charge in [0.15, 0.2) is 0 Å². The molecule has 3 rings (SSSR count). The molecule has 0 aromatic heterocycles. The maximum Gasteiger partial charge on any atom is 0.222 e. The van der Waals surface area contributed by atoms with Crippen LogP contribution in [0.3, 0.4) is 0 Å². The third kappa shape index (κ3) is 16.9. The Hall–Kier alpha value is -0.770. The van der Waals surface area contributed by atoms with E-state index in [0.29, 0.717) is 67.0 Å². The van der Waals surface area contributed by atoms with Crippen LogP contribution in [0.2, 0.25) is 0 Å². The molecule has 0 aromatic carbocycles. The smallest absolute Gasteiger partial charge is 0.222 e. The lowest BCUT2D eigenvalue weighted by molar-refractivity contribution is -0.132. The minimum absolute atomic E-state index is 0.0466. The fourth-order valence-electron chi connectivity index (χ4n) is 11.6. The van der Waals surface area contributed by atoms with Gasteiger partial charge in [0, 0.05) is 44.7 Å². The lowest BCUT2D eigenvalue weighted by atomic mass is 9.61. The summed E-state index contributed by atoms with van der Waals surface area (Å²) in [6, 6.07) is 0. The topological polar surface area (TPSA) is 112 Å². The lowest BCUT2D eigenvalue weighted by Crippen LogP contribution is -2.47. The number of ether oxygens (including phenoxy) is 3. The number of nitrogens with one attached hydrogen (secondary N) is 1. The van der Waals surface area contributed by atoms with E-state index >= 15 is 0 Å². The van der Waals surface area contributed by atoms with Gasteiger partial charge in [0.2, 0.25) is 5.91 Å². The van der Waals surface area contributed by atoms with Gasteiger partial charge in [-0.25, -0.2) is 0 Å². The first-order valence-corrected chi connectivity index (χ1v) is 24.9. The van der Waals surface area contributed by atoms with E-state index in [1.807, 2.05) is 7.05 Å². The zero-order valence-corrected chi connectivity index (χ0v) is 38.6. The molecular formula is C49H96N4O4. The Morgan fingerprint density at radius 2 is 1.49 bits per heavy atom. The summed E-state index contributed by atoms with van der Waals surface area (Å²) in [7, 11) is 2.05. The number of hydrogen-bond donors (Lipinski definition) is 3. The molecule has 0 spiro atoms. The number of nitrogens with zero attached hydrogens (tertiary/aromatic N) is 1. The fraction of sp³-hybridized carbons (Fsp3) is 0.980. The fourth-order valence-corrected chi connectivity index (χ4v) is 11.6. The Morgan fingerprint density at radius 1 is 0.789 bits per heavy atom. The first-order valence-electron chi connectivity index (χ1n) is 24.9. The second-order valence-corrected chi connectivity index (χ2v) is 19.2. The van der Waals surface area contributed by atoms with Crippen molar-refractivity contribution in [2.24, 2.45) is 52.4 Å². The quantitative estimate of drug-likeness (QED) is 0.0581. The molecule has 3 saturated carbocycles. The standard InChI is InChI=1S/C49H96N4O4/c1-7-10-12-14-31-53(32-15-13-11-8-2)48(54)27-22-39(4)44-24-25-45-43(37-40(9-3)38-47(49(44,45)5)57-34-18-29-51)46(56-35-19-30-52-6)26-23-41-20-16-21-42(36-41)55-33-17-28-50/h39-47,52H,7-38,50-51H2,1-6H3/t39-,40-,41?,42-,43?,44?,45+,46?,47+,49?/m1/s1. The summed E-state index contributed by atoms with van der Waals surface area (Å²) in [6.45, 7) is 18.6. The lowest BCUT2D eigenvalue weighted by Gasteiger charge is -2.47. The van der Waals surface area contributed by atoms with E-state index in [4.69, 9.17) is 25.7 Å². The normalized spacial score (nSPS) is 28.9.